The van der Waals surface area contributed by atoms with E-state index in [2.05, 4.69) is 4.90 Å². The number of carbonyl (C=O) groups is 1. The highest BCUT2D eigenvalue weighted by Crippen LogP contribution is 2.43. The van der Waals surface area contributed by atoms with Crippen LogP contribution in [0.3, 0.4) is 0 Å². The second kappa shape index (κ2) is 7.21. The van der Waals surface area contributed by atoms with Gasteiger partial charge in [-0.2, -0.15) is 0 Å². The number of hydrogen-bond acceptors (Lipinski definition) is 8. The molecule has 3 aliphatic rings. The Morgan fingerprint density at radius 2 is 2.00 bits per heavy atom. The van der Waals surface area contributed by atoms with Gasteiger partial charge in [0.25, 0.3) is 0 Å². The predicted molar refractivity (Wildman–Crippen MR) is 92.3 cm³/mol. The van der Waals surface area contributed by atoms with Crippen LogP contribution in [0.1, 0.15) is 26.7 Å². The third-order valence-corrected chi connectivity index (χ3v) is 5.14. The Hall–Kier alpha value is -0.970. The van der Waals surface area contributed by atoms with E-state index in [1.807, 2.05) is 0 Å². The highest BCUT2D eigenvalue weighted by molar-refractivity contribution is 5.67. The topological polar surface area (TPSA) is 107 Å². The molecule has 0 bridgehead atoms. The monoisotopic (exact) mass is 373 g/mol. The molecule has 3 fully saturated rings. The first-order chi connectivity index (χ1) is 12.1. The normalized spacial score (nSPS) is 38.0. The molecule has 0 unspecified atom stereocenters. The number of ether oxygens (including phenoxy) is 4. The van der Waals surface area contributed by atoms with Crippen molar-refractivity contribution in [1.29, 1.82) is 0 Å². The van der Waals surface area contributed by atoms with Crippen molar-refractivity contribution in [3.8, 4) is 0 Å². The quantitative estimate of drug-likeness (QED) is 0.695. The average molecular weight is 373 g/mol. The molecule has 0 aromatic rings. The number of aliphatic hydroxyl groups is 1. The van der Waals surface area contributed by atoms with Gasteiger partial charge < -0.3 is 34.7 Å². The minimum Gasteiger partial charge on any atom is -0.441 e. The predicted octanol–water partition coefficient (Wildman–Crippen LogP) is -0.285. The largest absolute Gasteiger partial charge is 0.441 e. The van der Waals surface area contributed by atoms with Crippen LogP contribution in [0, 0.1) is 0 Å². The fraction of sp³-hybridized carbons (Fsp3) is 0.941. The van der Waals surface area contributed by atoms with Crippen LogP contribution in [0.5, 0.6) is 0 Å². The van der Waals surface area contributed by atoms with E-state index in [9.17, 15) is 9.90 Å². The Labute approximate surface area is 154 Å². The van der Waals surface area contributed by atoms with Gasteiger partial charge in [0, 0.05) is 20.1 Å². The van der Waals surface area contributed by atoms with Crippen molar-refractivity contribution >= 4 is 6.09 Å². The summed E-state index contributed by atoms with van der Waals surface area (Å²) in [7, 11) is 3.17. The van der Waals surface area contributed by atoms with Gasteiger partial charge in [-0.25, -0.2) is 4.79 Å². The molecule has 150 valence electrons. The molecule has 3 saturated heterocycles. The van der Waals surface area contributed by atoms with Gasteiger partial charge in [-0.1, -0.05) is 0 Å². The number of carbonyl (C=O) groups excluding carboxylic acids is 1. The standard InChI is InChI=1S/C17H31N3O6/c1-16(2)25-14-13(21)12(24-15(22)19(3)4)9-23-17(14,26-16)10-20-7-5-11(18)6-8-20/h11-14,21H,5-10,18H2,1-4H3/t12-,13-,14+,17+/m1/s1. The minimum absolute atomic E-state index is 0.0457. The Balaban J connectivity index is 1.73. The highest BCUT2D eigenvalue weighted by atomic mass is 16.8. The molecule has 0 radical (unpaired) electrons. The highest BCUT2D eigenvalue weighted by Gasteiger charge is 2.62. The minimum atomic E-state index is -1.09. The van der Waals surface area contributed by atoms with E-state index in [1.165, 1.54) is 4.90 Å². The molecule has 0 aromatic carbocycles. The van der Waals surface area contributed by atoms with Crippen molar-refractivity contribution in [2.45, 2.75) is 62.6 Å². The maximum Gasteiger partial charge on any atom is 0.409 e. The fourth-order valence-electron chi connectivity index (χ4n) is 3.78. The van der Waals surface area contributed by atoms with E-state index in [1.54, 1.807) is 27.9 Å². The molecular weight excluding hydrogens is 342 g/mol. The number of nitrogens with two attached hydrogens (primary N) is 1. The number of rotatable bonds is 3. The molecule has 0 aromatic heterocycles. The maximum atomic E-state index is 11.8. The van der Waals surface area contributed by atoms with Crippen LogP contribution in [0.15, 0.2) is 0 Å². The Morgan fingerprint density at radius 3 is 2.62 bits per heavy atom. The second-order valence-electron chi connectivity index (χ2n) is 8.08. The molecule has 9 nitrogen and oxygen atoms in total. The van der Waals surface area contributed by atoms with Crippen molar-refractivity contribution in [1.82, 2.24) is 9.80 Å². The summed E-state index contributed by atoms with van der Waals surface area (Å²) in [6.45, 7) is 5.78. The lowest BCUT2D eigenvalue weighted by Gasteiger charge is -2.45. The summed E-state index contributed by atoms with van der Waals surface area (Å²) in [5.74, 6) is -2.00. The lowest BCUT2D eigenvalue weighted by molar-refractivity contribution is -0.297. The number of piperidine rings is 1. The number of aliphatic hydroxyl groups excluding tert-OH is 1. The molecular formula is C17H31N3O6. The Kier molecular flexibility index (Phi) is 5.49. The molecule has 0 spiro atoms. The SMILES string of the molecule is CN(C)C(=O)O[C@@H]1CO[C@@]2(CN3CCC(N)CC3)OC(C)(C)O[C@H]2[C@@H]1O. The van der Waals surface area contributed by atoms with Crippen LogP contribution in [-0.4, -0.2) is 97.3 Å². The molecule has 26 heavy (non-hydrogen) atoms. The molecule has 0 saturated carbocycles. The first kappa shape index (κ1) is 19.8. The summed E-state index contributed by atoms with van der Waals surface area (Å²) in [6.07, 6.45) is -1.31. The van der Waals surface area contributed by atoms with Crippen LogP contribution in [0.4, 0.5) is 4.79 Å². The third kappa shape index (κ3) is 3.97. The van der Waals surface area contributed by atoms with E-state index >= 15 is 0 Å². The zero-order valence-electron chi connectivity index (χ0n) is 16.0. The summed E-state index contributed by atoms with van der Waals surface area (Å²) in [6, 6.07) is 0.226. The van der Waals surface area contributed by atoms with Crippen LogP contribution >= 0.6 is 0 Å². The smallest absolute Gasteiger partial charge is 0.409 e. The zero-order chi connectivity index (χ0) is 19.1. The van der Waals surface area contributed by atoms with E-state index in [4.69, 9.17) is 24.7 Å². The van der Waals surface area contributed by atoms with Gasteiger partial charge in [-0.3, -0.25) is 4.90 Å². The van der Waals surface area contributed by atoms with Gasteiger partial charge in [0.2, 0.25) is 5.79 Å². The number of likely N-dealkylation sites (tertiary alicyclic amines) is 1. The van der Waals surface area contributed by atoms with Gasteiger partial charge in [0.1, 0.15) is 12.2 Å². The maximum absolute atomic E-state index is 11.8. The average Bonchev–Trinajstić information content (AvgIpc) is 2.84. The first-order valence-electron chi connectivity index (χ1n) is 9.18. The van der Waals surface area contributed by atoms with Crippen LogP contribution in [0.2, 0.25) is 0 Å². The van der Waals surface area contributed by atoms with Crippen molar-refractivity contribution < 1.29 is 28.8 Å². The van der Waals surface area contributed by atoms with Crippen molar-refractivity contribution in [3.63, 3.8) is 0 Å². The summed E-state index contributed by atoms with van der Waals surface area (Å²) >= 11 is 0. The summed E-state index contributed by atoms with van der Waals surface area (Å²) in [4.78, 5) is 15.4. The zero-order valence-corrected chi connectivity index (χ0v) is 16.0. The Morgan fingerprint density at radius 1 is 1.35 bits per heavy atom. The number of fused-ring (bicyclic) bond motifs is 1. The van der Waals surface area contributed by atoms with Crippen molar-refractivity contribution in [2.24, 2.45) is 5.73 Å². The van der Waals surface area contributed by atoms with Crippen LogP contribution in [-0.2, 0) is 18.9 Å². The summed E-state index contributed by atoms with van der Waals surface area (Å²) < 4.78 is 23.4. The Bertz CT molecular complexity index is 523. The molecule has 3 N–H and O–H groups in total. The summed E-state index contributed by atoms with van der Waals surface area (Å²) in [5, 5.41) is 10.8. The third-order valence-electron chi connectivity index (χ3n) is 5.14. The molecule has 3 heterocycles. The van der Waals surface area contributed by atoms with E-state index in [0.29, 0.717) is 6.54 Å². The van der Waals surface area contributed by atoms with Crippen LogP contribution < -0.4 is 5.73 Å². The van der Waals surface area contributed by atoms with E-state index < -0.39 is 36.0 Å². The van der Waals surface area contributed by atoms with E-state index in [0.717, 1.165) is 25.9 Å². The number of nitrogens with zero attached hydrogens (tertiary/aromatic N) is 2. The molecule has 0 aliphatic carbocycles. The summed E-state index contributed by atoms with van der Waals surface area (Å²) in [5.41, 5.74) is 5.98. The molecule has 3 aliphatic heterocycles. The van der Waals surface area contributed by atoms with Gasteiger partial charge in [0.05, 0.1) is 13.2 Å². The van der Waals surface area contributed by atoms with E-state index in [-0.39, 0.29) is 12.6 Å². The van der Waals surface area contributed by atoms with Gasteiger partial charge >= 0.3 is 6.09 Å². The van der Waals surface area contributed by atoms with Crippen molar-refractivity contribution in [3.05, 3.63) is 0 Å². The lowest BCUT2D eigenvalue weighted by atomic mass is 9.95. The van der Waals surface area contributed by atoms with Gasteiger partial charge in [-0.05, 0) is 39.8 Å². The number of hydrogen-bond donors (Lipinski definition) is 2. The first-order valence-corrected chi connectivity index (χ1v) is 9.18. The lowest BCUT2D eigenvalue weighted by Crippen LogP contribution is -2.64. The van der Waals surface area contributed by atoms with Crippen LogP contribution in [0.25, 0.3) is 0 Å². The van der Waals surface area contributed by atoms with Crippen molar-refractivity contribution in [2.75, 3.05) is 40.3 Å². The second-order valence-corrected chi connectivity index (χ2v) is 8.08. The fourth-order valence-corrected chi connectivity index (χ4v) is 3.78. The van der Waals surface area contributed by atoms with Gasteiger partial charge in [-0.15, -0.1) is 0 Å². The molecule has 3 rings (SSSR count). The van der Waals surface area contributed by atoms with Gasteiger partial charge in [0.15, 0.2) is 11.9 Å². The number of amides is 1. The molecule has 9 heteroatoms. The molecule has 1 amide bonds. The molecule has 4 atom stereocenters.